The van der Waals surface area contributed by atoms with E-state index >= 15 is 0 Å². The zero-order valence-electron chi connectivity index (χ0n) is 17.4. The van der Waals surface area contributed by atoms with Crippen LogP contribution in [-0.4, -0.2) is 65.2 Å². The first-order chi connectivity index (χ1) is 15.1. The number of pyridine rings is 1. The van der Waals surface area contributed by atoms with Crippen molar-refractivity contribution in [1.82, 2.24) is 19.9 Å². The molecule has 4 rings (SSSR count). The normalized spacial score (nSPS) is 16.4. The van der Waals surface area contributed by atoms with Crippen LogP contribution in [0.1, 0.15) is 12.8 Å². The summed E-state index contributed by atoms with van der Waals surface area (Å²) in [6.07, 6.45) is 4.48. The van der Waals surface area contributed by atoms with E-state index in [-0.39, 0.29) is 17.4 Å². The highest BCUT2D eigenvalue weighted by Gasteiger charge is 2.23. The minimum atomic E-state index is -0.182. The molecular weight excluding hydrogens is 398 g/mol. The predicted molar refractivity (Wildman–Crippen MR) is 118 cm³/mol. The van der Waals surface area contributed by atoms with E-state index < -0.39 is 0 Å². The molecule has 2 N–H and O–H groups in total. The minimum Gasteiger partial charge on any atom is -0.491 e. The molecule has 1 fully saturated rings. The van der Waals surface area contributed by atoms with Gasteiger partial charge < -0.3 is 24.7 Å². The molecule has 0 spiro atoms. The Balaban J connectivity index is 1.68. The number of carbonyl (C=O) groups excluding carboxylic acids is 1. The first-order valence-electron chi connectivity index (χ1n) is 10.2. The highest BCUT2D eigenvalue weighted by Crippen LogP contribution is 2.23. The van der Waals surface area contributed by atoms with Crippen molar-refractivity contribution in [3.8, 4) is 5.75 Å². The maximum absolute atomic E-state index is 13.4. The lowest BCUT2D eigenvalue weighted by molar-refractivity contribution is -0.127. The first kappa shape index (κ1) is 20.8. The van der Waals surface area contributed by atoms with Crippen LogP contribution in [0.4, 0.5) is 5.82 Å². The van der Waals surface area contributed by atoms with Crippen molar-refractivity contribution in [2.45, 2.75) is 18.9 Å². The Kier molecular flexibility index (Phi) is 6.13. The van der Waals surface area contributed by atoms with Crippen LogP contribution in [0.15, 0.2) is 42.0 Å². The Bertz CT molecular complexity index is 1180. The predicted octanol–water partition coefficient (Wildman–Crippen LogP) is 2.09. The molecule has 31 heavy (non-hydrogen) atoms. The maximum Gasteiger partial charge on any atom is 0.246 e. The summed E-state index contributed by atoms with van der Waals surface area (Å²) in [7, 11) is 1.61. The molecule has 0 unspecified atom stereocenters. The third-order valence-corrected chi connectivity index (χ3v) is 5.37. The van der Waals surface area contributed by atoms with Gasteiger partial charge in [0.1, 0.15) is 35.5 Å². The van der Waals surface area contributed by atoms with Crippen LogP contribution in [0.25, 0.3) is 21.9 Å². The second-order valence-corrected chi connectivity index (χ2v) is 7.42. The van der Waals surface area contributed by atoms with Gasteiger partial charge in [0.05, 0.1) is 17.5 Å². The van der Waals surface area contributed by atoms with Crippen LogP contribution in [0.2, 0.25) is 0 Å². The maximum atomic E-state index is 13.4. The number of piperidine rings is 1. The lowest BCUT2D eigenvalue weighted by atomic mass is 10.1. The van der Waals surface area contributed by atoms with Crippen LogP contribution in [0.5, 0.6) is 5.75 Å². The van der Waals surface area contributed by atoms with Gasteiger partial charge in [-0.25, -0.2) is 9.97 Å². The smallest absolute Gasteiger partial charge is 0.246 e. The van der Waals surface area contributed by atoms with E-state index in [1.54, 1.807) is 30.2 Å². The van der Waals surface area contributed by atoms with Crippen LogP contribution < -0.4 is 15.5 Å². The van der Waals surface area contributed by atoms with Crippen LogP contribution >= 0.6 is 0 Å². The van der Waals surface area contributed by atoms with Gasteiger partial charge in [0, 0.05) is 26.2 Å². The molecule has 0 saturated carbocycles. The third kappa shape index (κ3) is 4.36. The van der Waals surface area contributed by atoms with Crippen molar-refractivity contribution in [2.75, 3.05) is 38.7 Å². The van der Waals surface area contributed by atoms with Crippen molar-refractivity contribution in [1.29, 1.82) is 0 Å². The number of aromatic nitrogens is 3. The van der Waals surface area contributed by atoms with Crippen molar-refractivity contribution < 1.29 is 14.3 Å². The second-order valence-electron chi connectivity index (χ2n) is 7.42. The van der Waals surface area contributed by atoms with Gasteiger partial charge in [-0.05, 0) is 37.1 Å². The third-order valence-electron chi connectivity index (χ3n) is 5.37. The molecule has 3 aromatic rings. The summed E-state index contributed by atoms with van der Waals surface area (Å²) >= 11 is 0. The van der Waals surface area contributed by atoms with Gasteiger partial charge in [-0.15, -0.1) is 0 Å². The van der Waals surface area contributed by atoms with E-state index in [9.17, 15) is 9.59 Å². The Morgan fingerprint density at radius 2 is 2.26 bits per heavy atom. The van der Waals surface area contributed by atoms with E-state index in [1.165, 1.54) is 12.4 Å². The van der Waals surface area contributed by atoms with Gasteiger partial charge >= 0.3 is 0 Å². The lowest BCUT2D eigenvalue weighted by Gasteiger charge is -2.32. The molecule has 1 saturated heterocycles. The molecule has 1 aliphatic rings. The molecule has 3 heterocycles. The number of carbonyl (C=O) groups is 1. The number of benzene rings is 1. The molecular formula is C22H25N5O4. The van der Waals surface area contributed by atoms with Crippen LogP contribution in [-0.2, 0) is 9.53 Å². The Hall–Kier alpha value is -3.46. The Labute approximate surface area is 179 Å². The second kappa shape index (κ2) is 9.13. The number of hydrogen-bond acceptors (Lipinski definition) is 7. The first-order valence-corrected chi connectivity index (χ1v) is 10.2. The summed E-state index contributed by atoms with van der Waals surface area (Å²) in [5.41, 5.74) is 0.943. The minimum absolute atomic E-state index is 0.0189. The zero-order chi connectivity index (χ0) is 21.8. The molecule has 1 atom stereocenters. The number of H-pyrrole nitrogens is 1. The monoisotopic (exact) mass is 423 g/mol. The van der Waals surface area contributed by atoms with E-state index in [1.807, 2.05) is 0 Å². The number of methoxy groups -OCH3 is 1. The molecule has 1 aromatic carbocycles. The lowest BCUT2D eigenvalue weighted by Crippen LogP contribution is -2.44. The van der Waals surface area contributed by atoms with Gasteiger partial charge in [-0.2, -0.15) is 0 Å². The average molecular weight is 423 g/mol. The number of hydrogen-bond donors (Lipinski definition) is 2. The van der Waals surface area contributed by atoms with Crippen LogP contribution in [0, 0.1) is 0 Å². The number of nitrogens with one attached hydrogen (secondary N) is 2. The molecule has 9 heteroatoms. The number of ether oxygens (including phenoxy) is 2. The van der Waals surface area contributed by atoms with E-state index in [2.05, 4.69) is 26.8 Å². The SMILES string of the molecule is C=CC(=O)N1CCC[C@@H](Nc2ncnc3[nH]c4ccc(OCCOC)cc4c(=O)c23)C1. The van der Waals surface area contributed by atoms with Crippen molar-refractivity contribution in [2.24, 2.45) is 0 Å². The van der Waals surface area contributed by atoms with Crippen LogP contribution in [0.3, 0.4) is 0 Å². The number of likely N-dealkylation sites (tertiary alicyclic amines) is 1. The molecule has 2 aromatic heterocycles. The largest absolute Gasteiger partial charge is 0.491 e. The number of nitrogens with zero attached hydrogens (tertiary/aromatic N) is 3. The zero-order valence-corrected chi connectivity index (χ0v) is 17.4. The number of fused-ring (bicyclic) bond motifs is 2. The van der Waals surface area contributed by atoms with Crippen molar-refractivity contribution >= 4 is 33.7 Å². The fourth-order valence-electron chi connectivity index (χ4n) is 3.84. The number of aromatic amines is 1. The summed E-state index contributed by atoms with van der Waals surface area (Å²) in [6.45, 7) is 5.64. The molecule has 162 valence electrons. The highest BCUT2D eigenvalue weighted by atomic mass is 16.5. The van der Waals surface area contributed by atoms with Gasteiger partial charge in [-0.3, -0.25) is 9.59 Å². The van der Waals surface area contributed by atoms with E-state index in [4.69, 9.17) is 9.47 Å². The van der Waals surface area contributed by atoms with Gasteiger partial charge in [0.25, 0.3) is 0 Å². The summed E-state index contributed by atoms with van der Waals surface area (Å²) in [4.78, 5) is 38.9. The van der Waals surface area contributed by atoms with Crippen molar-refractivity contribution in [3.63, 3.8) is 0 Å². The number of anilines is 1. The van der Waals surface area contributed by atoms with Gasteiger partial charge in [-0.1, -0.05) is 6.58 Å². The Morgan fingerprint density at radius 3 is 3.06 bits per heavy atom. The summed E-state index contributed by atoms with van der Waals surface area (Å²) < 4.78 is 10.7. The topological polar surface area (TPSA) is 109 Å². The summed E-state index contributed by atoms with van der Waals surface area (Å²) in [6, 6.07) is 5.29. The molecule has 1 amide bonds. The van der Waals surface area contributed by atoms with E-state index in [0.29, 0.717) is 59.8 Å². The molecule has 0 radical (unpaired) electrons. The fourth-order valence-corrected chi connectivity index (χ4v) is 3.84. The van der Waals surface area contributed by atoms with Gasteiger partial charge in [0.15, 0.2) is 0 Å². The van der Waals surface area contributed by atoms with Crippen molar-refractivity contribution in [3.05, 3.63) is 47.4 Å². The van der Waals surface area contributed by atoms with Gasteiger partial charge in [0.2, 0.25) is 11.3 Å². The quantitative estimate of drug-likeness (QED) is 0.340. The highest BCUT2D eigenvalue weighted by molar-refractivity contribution is 5.96. The molecule has 9 nitrogen and oxygen atoms in total. The molecule has 0 aliphatic carbocycles. The summed E-state index contributed by atoms with van der Waals surface area (Å²) in [5.74, 6) is 0.951. The number of amides is 1. The van der Waals surface area contributed by atoms with E-state index in [0.717, 1.165) is 12.8 Å². The molecule has 0 bridgehead atoms. The Morgan fingerprint density at radius 1 is 1.39 bits per heavy atom. The average Bonchev–Trinajstić information content (AvgIpc) is 2.79. The number of rotatable bonds is 7. The molecule has 1 aliphatic heterocycles. The standard InChI is InChI=1S/C22H25N5O4/c1-3-18(28)27-8-4-5-14(12-27)25-21-19-20(29)16-11-15(31-10-9-30-2)6-7-17(16)26-22(19)24-13-23-21/h3,6-7,11,13-14H,1,4-5,8-10,12H2,2H3,(H2,23,24,25,26,29)/t14-/m1/s1. The summed E-state index contributed by atoms with van der Waals surface area (Å²) in [5, 5.41) is 4.23. The fraction of sp³-hybridized carbons (Fsp3) is 0.364.